The molecule has 1 heterocycles. The summed E-state index contributed by atoms with van der Waals surface area (Å²) in [5.74, 6) is 0.367. The van der Waals surface area contributed by atoms with E-state index < -0.39 is 6.09 Å². The van der Waals surface area contributed by atoms with Crippen LogP contribution in [0.5, 0.6) is 0 Å². The molecule has 1 N–H and O–H groups in total. The number of amides is 1. The highest BCUT2D eigenvalue weighted by atomic mass is 16.5. The summed E-state index contributed by atoms with van der Waals surface area (Å²) < 4.78 is 4.45. The molecule has 0 aromatic rings. The molecule has 0 unspecified atom stereocenters. The summed E-state index contributed by atoms with van der Waals surface area (Å²) in [5, 5.41) is 7.26. The number of carbonyl (C=O) groups excluding carboxylic acids is 1. The van der Waals surface area contributed by atoms with Crippen molar-refractivity contribution in [2.45, 2.75) is 12.8 Å². The molecule has 0 aromatic heterocycles. The van der Waals surface area contributed by atoms with E-state index in [-0.39, 0.29) is 0 Å². The number of rotatable bonds is 0. The quantitative estimate of drug-likeness (QED) is 0.544. The van der Waals surface area contributed by atoms with Crippen LogP contribution in [0.15, 0.2) is 0 Å². The fourth-order valence-corrected chi connectivity index (χ4v) is 0.986. The third-order valence-corrected chi connectivity index (χ3v) is 1.52. The van der Waals surface area contributed by atoms with Crippen LogP contribution in [-0.2, 0) is 4.74 Å². The largest absolute Gasteiger partial charge is 0.452 e. The van der Waals surface area contributed by atoms with Crippen molar-refractivity contribution < 1.29 is 9.53 Å². The number of methoxy groups -OCH3 is 1. The van der Waals surface area contributed by atoms with E-state index in [1.807, 2.05) is 0 Å². The first-order chi connectivity index (χ1) is 4.75. The summed E-state index contributed by atoms with van der Waals surface area (Å²) in [4.78, 5) is 12.1. The van der Waals surface area contributed by atoms with Gasteiger partial charge in [0.05, 0.1) is 7.11 Å². The lowest BCUT2D eigenvalue weighted by Gasteiger charge is -2.12. The second-order valence-corrected chi connectivity index (χ2v) is 2.17. The molecule has 0 aliphatic carbocycles. The summed E-state index contributed by atoms with van der Waals surface area (Å²) in [6.45, 7) is 0.630. The van der Waals surface area contributed by atoms with E-state index in [2.05, 4.69) is 4.74 Å². The van der Waals surface area contributed by atoms with Gasteiger partial charge >= 0.3 is 6.09 Å². The van der Waals surface area contributed by atoms with Crippen LogP contribution >= 0.6 is 0 Å². The van der Waals surface area contributed by atoms with Gasteiger partial charge in [-0.1, -0.05) is 0 Å². The number of nitrogens with one attached hydrogen (secondary N) is 1. The summed E-state index contributed by atoms with van der Waals surface area (Å²) in [5.41, 5.74) is 0. The van der Waals surface area contributed by atoms with Crippen molar-refractivity contribution in [3.8, 4) is 0 Å². The Kier molecular flexibility index (Phi) is 1.89. The Balaban J connectivity index is 2.55. The maximum atomic E-state index is 10.8. The predicted octanol–water partition coefficient (Wildman–Crippen LogP) is 0.826. The maximum absolute atomic E-state index is 10.8. The zero-order valence-electron chi connectivity index (χ0n) is 5.89. The van der Waals surface area contributed by atoms with E-state index in [0.717, 1.165) is 6.42 Å². The number of nitrogens with zero attached hydrogens (tertiary/aromatic N) is 1. The summed E-state index contributed by atoms with van der Waals surface area (Å²) in [6.07, 6.45) is 1.16. The van der Waals surface area contributed by atoms with Gasteiger partial charge in [-0.05, 0) is 6.42 Å². The highest BCUT2D eigenvalue weighted by molar-refractivity contribution is 5.94. The first kappa shape index (κ1) is 7.05. The molecule has 1 aliphatic heterocycles. The maximum Gasteiger partial charge on any atom is 0.414 e. The molecule has 0 spiro atoms. The highest BCUT2D eigenvalue weighted by Gasteiger charge is 2.23. The smallest absolute Gasteiger partial charge is 0.414 e. The van der Waals surface area contributed by atoms with Gasteiger partial charge in [0.25, 0.3) is 0 Å². The summed E-state index contributed by atoms with van der Waals surface area (Å²) >= 11 is 0. The van der Waals surface area contributed by atoms with Gasteiger partial charge in [-0.15, -0.1) is 0 Å². The number of carbonyl (C=O) groups is 1. The zero-order chi connectivity index (χ0) is 7.56. The Hall–Kier alpha value is -1.06. The van der Waals surface area contributed by atoms with Gasteiger partial charge in [0.15, 0.2) is 0 Å². The number of amidine groups is 1. The van der Waals surface area contributed by atoms with Crippen LogP contribution < -0.4 is 0 Å². The Morgan fingerprint density at radius 3 is 2.90 bits per heavy atom. The molecule has 0 radical (unpaired) electrons. The molecular formula is C6H10N2O2. The first-order valence-electron chi connectivity index (χ1n) is 3.18. The molecule has 1 fully saturated rings. The van der Waals surface area contributed by atoms with Crippen LogP contribution in [-0.4, -0.2) is 30.5 Å². The van der Waals surface area contributed by atoms with Crippen molar-refractivity contribution in [1.82, 2.24) is 4.90 Å². The predicted molar refractivity (Wildman–Crippen MR) is 36.1 cm³/mol. The van der Waals surface area contributed by atoms with Gasteiger partial charge in [0.1, 0.15) is 5.84 Å². The van der Waals surface area contributed by atoms with Crippen LogP contribution in [0.1, 0.15) is 12.8 Å². The molecular weight excluding hydrogens is 132 g/mol. The lowest BCUT2D eigenvalue weighted by atomic mass is 10.4. The standard InChI is InChI=1S/C6H10N2O2/c1-10-6(9)8-4-2-3-5(8)7/h7H,2-4H2,1H3. The molecule has 4 nitrogen and oxygen atoms in total. The molecule has 0 bridgehead atoms. The fraction of sp³-hybridized carbons (Fsp3) is 0.667. The van der Waals surface area contributed by atoms with Gasteiger partial charge in [0, 0.05) is 13.0 Å². The number of ether oxygens (including phenoxy) is 1. The second-order valence-electron chi connectivity index (χ2n) is 2.17. The Labute approximate surface area is 59.3 Å². The zero-order valence-corrected chi connectivity index (χ0v) is 5.89. The van der Waals surface area contributed by atoms with Gasteiger partial charge < -0.3 is 4.74 Å². The molecule has 1 rings (SSSR count). The Morgan fingerprint density at radius 2 is 2.50 bits per heavy atom. The van der Waals surface area contributed by atoms with E-state index in [9.17, 15) is 4.79 Å². The van der Waals surface area contributed by atoms with Crippen molar-refractivity contribution in [2.75, 3.05) is 13.7 Å². The van der Waals surface area contributed by atoms with Crippen LogP contribution in [0.25, 0.3) is 0 Å². The average molecular weight is 142 g/mol. The van der Waals surface area contributed by atoms with Crippen LogP contribution in [0.2, 0.25) is 0 Å². The van der Waals surface area contributed by atoms with E-state index in [1.54, 1.807) is 0 Å². The molecule has 0 atom stereocenters. The van der Waals surface area contributed by atoms with Crippen LogP contribution in [0, 0.1) is 5.41 Å². The van der Waals surface area contributed by atoms with Gasteiger partial charge in [-0.25, -0.2) is 4.79 Å². The van der Waals surface area contributed by atoms with Gasteiger partial charge in [-0.2, -0.15) is 0 Å². The molecule has 4 heteroatoms. The van der Waals surface area contributed by atoms with Crippen molar-refractivity contribution >= 4 is 11.9 Å². The minimum absolute atomic E-state index is 0.367. The molecule has 1 aliphatic rings. The Morgan fingerprint density at radius 1 is 1.80 bits per heavy atom. The SMILES string of the molecule is COC(=O)N1CCCC1=N. The summed E-state index contributed by atoms with van der Waals surface area (Å²) in [7, 11) is 1.33. The topological polar surface area (TPSA) is 53.4 Å². The van der Waals surface area contributed by atoms with E-state index in [4.69, 9.17) is 5.41 Å². The monoisotopic (exact) mass is 142 g/mol. The number of likely N-dealkylation sites (tertiary alicyclic amines) is 1. The van der Waals surface area contributed by atoms with Crippen LogP contribution in [0.4, 0.5) is 4.79 Å². The first-order valence-corrected chi connectivity index (χ1v) is 3.18. The minimum atomic E-state index is -0.414. The molecule has 1 amide bonds. The van der Waals surface area contributed by atoms with Gasteiger partial charge in [0.2, 0.25) is 0 Å². The second kappa shape index (κ2) is 2.68. The van der Waals surface area contributed by atoms with Crippen LogP contribution in [0.3, 0.4) is 0 Å². The number of hydrogen-bond donors (Lipinski definition) is 1. The Bertz CT molecular complexity index is 167. The summed E-state index contributed by atoms with van der Waals surface area (Å²) in [6, 6.07) is 0. The van der Waals surface area contributed by atoms with Crippen molar-refractivity contribution in [1.29, 1.82) is 5.41 Å². The van der Waals surface area contributed by atoms with E-state index >= 15 is 0 Å². The van der Waals surface area contributed by atoms with E-state index in [0.29, 0.717) is 18.8 Å². The van der Waals surface area contributed by atoms with Crippen molar-refractivity contribution in [3.63, 3.8) is 0 Å². The molecule has 0 saturated carbocycles. The van der Waals surface area contributed by atoms with E-state index in [1.165, 1.54) is 12.0 Å². The highest BCUT2D eigenvalue weighted by Crippen LogP contribution is 2.10. The molecule has 56 valence electrons. The molecule has 1 saturated heterocycles. The molecule has 10 heavy (non-hydrogen) atoms. The average Bonchev–Trinajstić information content (AvgIpc) is 2.34. The third kappa shape index (κ3) is 1.10. The minimum Gasteiger partial charge on any atom is -0.452 e. The lowest BCUT2D eigenvalue weighted by molar-refractivity contribution is 0.148. The van der Waals surface area contributed by atoms with Gasteiger partial charge in [-0.3, -0.25) is 10.3 Å². The number of hydrogen-bond acceptors (Lipinski definition) is 3. The van der Waals surface area contributed by atoms with Crippen molar-refractivity contribution in [2.24, 2.45) is 0 Å². The fourth-order valence-electron chi connectivity index (χ4n) is 0.986. The third-order valence-electron chi connectivity index (χ3n) is 1.52. The molecule has 0 aromatic carbocycles. The lowest BCUT2D eigenvalue weighted by Crippen LogP contribution is -2.31. The normalized spacial score (nSPS) is 17.7. The van der Waals surface area contributed by atoms with Crippen molar-refractivity contribution in [3.05, 3.63) is 0 Å².